The monoisotopic (exact) mass is 422 g/mol. The van der Waals surface area contributed by atoms with E-state index in [0.29, 0.717) is 0 Å². The van der Waals surface area contributed by atoms with E-state index in [0.717, 1.165) is 45.4 Å². The van der Waals surface area contributed by atoms with Gasteiger partial charge in [-0.15, -0.1) is 0 Å². The molecule has 2 aliphatic heterocycles. The molecule has 0 aliphatic carbocycles. The zero-order valence-electron chi connectivity index (χ0n) is 17.8. The molecule has 0 radical (unpaired) electrons. The topological polar surface area (TPSA) is 61.2 Å². The van der Waals surface area contributed by atoms with E-state index in [1.807, 2.05) is 35.0 Å². The first-order chi connectivity index (χ1) is 15.7. The SMILES string of the molecule is COc1cccc([C@H]2Oc3ccc(C)cc3C3=C2[C@H](c2ccccc2)n2ncnc2N3)c1. The van der Waals surface area contributed by atoms with Crippen molar-refractivity contribution < 1.29 is 9.47 Å². The summed E-state index contributed by atoms with van der Waals surface area (Å²) in [5.41, 5.74) is 6.48. The first-order valence-electron chi connectivity index (χ1n) is 10.6. The maximum atomic E-state index is 6.67. The molecule has 0 fully saturated rings. The maximum Gasteiger partial charge on any atom is 0.226 e. The number of nitrogens with zero attached hydrogens (tertiary/aromatic N) is 3. The summed E-state index contributed by atoms with van der Waals surface area (Å²) < 4.78 is 14.1. The summed E-state index contributed by atoms with van der Waals surface area (Å²) in [5, 5.41) is 8.12. The summed E-state index contributed by atoms with van der Waals surface area (Å²) in [6.07, 6.45) is 1.28. The largest absolute Gasteiger partial charge is 0.497 e. The predicted octanol–water partition coefficient (Wildman–Crippen LogP) is 5.16. The standard InChI is InChI=1S/C26H22N4O2/c1-16-11-12-21-20(13-16)23-22(25(32-21)18-9-6-10-19(14-18)31-2)24(17-7-4-3-5-8-17)30-26(29-23)27-15-28-30/h3-15,24-25H,1-2H3,(H,27,28,29)/t24-,25+/m0/s1. The van der Waals surface area contributed by atoms with Crippen molar-refractivity contribution >= 4 is 11.6 Å². The molecule has 6 heteroatoms. The van der Waals surface area contributed by atoms with E-state index in [2.05, 4.69) is 64.8 Å². The fourth-order valence-electron chi connectivity index (χ4n) is 4.62. The summed E-state index contributed by atoms with van der Waals surface area (Å²) in [7, 11) is 1.68. The number of hydrogen-bond donors (Lipinski definition) is 1. The third-order valence-corrected chi connectivity index (χ3v) is 6.08. The number of hydrogen-bond acceptors (Lipinski definition) is 5. The Labute approximate surface area is 186 Å². The molecule has 158 valence electrons. The highest BCUT2D eigenvalue weighted by molar-refractivity contribution is 5.85. The van der Waals surface area contributed by atoms with Crippen molar-refractivity contribution in [3.8, 4) is 11.5 Å². The molecule has 6 rings (SSSR count). The van der Waals surface area contributed by atoms with Crippen molar-refractivity contribution in [2.24, 2.45) is 0 Å². The normalized spacial score (nSPS) is 18.7. The van der Waals surface area contributed by atoms with Crippen molar-refractivity contribution in [2.75, 3.05) is 12.4 Å². The molecule has 6 nitrogen and oxygen atoms in total. The highest BCUT2D eigenvalue weighted by Crippen LogP contribution is 2.50. The lowest BCUT2D eigenvalue weighted by Crippen LogP contribution is -2.32. The molecule has 4 aromatic rings. The van der Waals surface area contributed by atoms with Crippen LogP contribution in [-0.2, 0) is 0 Å². The second-order valence-corrected chi connectivity index (χ2v) is 8.07. The van der Waals surface area contributed by atoms with Gasteiger partial charge in [0, 0.05) is 16.7 Å². The van der Waals surface area contributed by atoms with Crippen molar-refractivity contribution in [1.82, 2.24) is 14.8 Å². The molecule has 32 heavy (non-hydrogen) atoms. The minimum absolute atomic E-state index is 0.158. The molecule has 2 atom stereocenters. The molecule has 0 amide bonds. The summed E-state index contributed by atoms with van der Waals surface area (Å²) in [5.74, 6) is 2.36. The van der Waals surface area contributed by atoms with Crippen LogP contribution in [0.4, 0.5) is 5.95 Å². The summed E-state index contributed by atoms with van der Waals surface area (Å²) >= 11 is 0. The van der Waals surface area contributed by atoms with Gasteiger partial charge < -0.3 is 14.8 Å². The number of ether oxygens (including phenoxy) is 2. The molecule has 2 aliphatic rings. The van der Waals surface area contributed by atoms with E-state index in [-0.39, 0.29) is 12.1 Å². The van der Waals surface area contributed by atoms with Crippen LogP contribution >= 0.6 is 0 Å². The molecular formula is C26H22N4O2. The number of aromatic nitrogens is 3. The van der Waals surface area contributed by atoms with E-state index in [1.165, 1.54) is 5.56 Å². The van der Waals surface area contributed by atoms with Crippen molar-refractivity contribution in [3.63, 3.8) is 0 Å². The summed E-state index contributed by atoms with van der Waals surface area (Å²) in [6.45, 7) is 2.09. The molecule has 0 bridgehead atoms. The van der Waals surface area contributed by atoms with Crippen molar-refractivity contribution in [2.45, 2.75) is 19.1 Å². The van der Waals surface area contributed by atoms with Crippen LogP contribution < -0.4 is 14.8 Å². The molecule has 1 N–H and O–H groups in total. The molecule has 0 saturated heterocycles. The summed E-state index contributed by atoms with van der Waals surface area (Å²) in [6, 6.07) is 24.6. The van der Waals surface area contributed by atoms with Crippen LogP contribution in [0.25, 0.3) is 5.70 Å². The van der Waals surface area contributed by atoms with Crippen LogP contribution in [0.5, 0.6) is 11.5 Å². The highest BCUT2D eigenvalue weighted by atomic mass is 16.5. The average molecular weight is 422 g/mol. The number of aryl methyl sites for hydroxylation is 1. The average Bonchev–Trinajstić information content (AvgIpc) is 3.31. The zero-order valence-corrected chi connectivity index (χ0v) is 17.8. The fraction of sp³-hybridized carbons (Fsp3) is 0.154. The fourth-order valence-corrected chi connectivity index (χ4v) is 4.62. The Kier molecular flexibility index (Phi) is 4.24. The Morgan fingerprint density at radius 3 is 2.66 bits per heavy atom. The Bertz CT molecular complexity index is 1340. The van der Waals surface area contributed by atoms with Crippen LogP contribution in [0.3, 0.4) is 0 Å². The Hall–Kier alpha value is -4.06. The molecular weight excluding hydrogens is 400 g/mol. The molecule has 0 saturated carbocycles. The van der Waals surface area contributed by atoms with Gasteiger partial charge in [-0.25, -0.2) is 4.68 Å². The lowest BCUT2D eigenvalue weighted by molar-refractivity contribution is 0.222. The number of rotatable bonds is 3. The van der Waals surface area contributed by atoms with Crippen molar-refractivity contribution in [1.29, 1.82) is 0 Å². The number of nitrogens with one attached hydrogen (secondary N) is 1. The van der Waals surface area contributed by atoms with Gasteiger partial charge in [0.2, 0.25) is 5.95 Å². The van der Waals surface area contributed by atoms with E-state index >= 15 is 0 Å². The highest BCUT2D eigenvalue weighted by Gasteiger charge is 2.41. The van der Waals surface area contributed by atoms with Gasteiger partial charge in [0.15, 0.2) is 0 Å². The molecule has 1 aromatic heterocycles. The number of anilines is 1. The van der Waals surface area contributed by atoms with E-state index < -0.39 is 0 Å². The van der Waals surface area contributed by atoms with Gasteiger partial charge in [0.05, 0.1) is 12.8 Å². The molecule has 3 heterocycles. The van der Waals surface area contributed by atoms with Gasteiger partial charge in [0.1, 0.15) is 30.0 Å². The summed E-state index contributed by atoms with van der Waals surface area (Å²) in [4.78, 5) is 4.49. The van der Waals surface area contributed by atoms with Gasteiger partial charge in [-0.3, -0.25) is 0 Å². The molecule has 0 spiro atoms. The Morgan fingerprint density at radius 2 is 1.81 bits per heavy atom. The predicted molar refractivity (Wildman–Crippen MR) is 123 cm³/mol. The van der Waals surface area contributed by atoms with Crippen LogP contribution in [0, 0.1) is 6.92 Å². The lowest BCUT2D eigenvalue weighted by atomic mass is 9.84. The molecule has 0 unspecified atom stereocenters. The number of benzene rings is 3. The smallest absolute Gasteiger partial charge is 0.226 e. The second kappa shape index (κ2) is 7.27. The van der Waals surface area contributed by atoms with Crippen LogP contribution in [0.15, 0.2) is 84.7 Å². The third-order valence-electron chi connectivity index (χ3n) is 6.08. The number of fused-ring (bicyclic) bond motifs is 3. The van der Waals surface area contributed by atoms with Gasteiger partial charge in [-0.05, 0) is 36.8 Å². The minimum Gasteiger partial charge on any atom is -0.497 e. The van der Waals surface area contributed by atoms with Crippen LogP contribution in [-0.4, -0.2) is 21.9 Å². The zero-order chi connectivity index (χ0) is 21.7. The third kappa shape index (κ3) is 2.87. The van der Waals surface area contributed by atoms with E-state index in [1.54, 1.807) is 13.4 Å². The van der Waals surface area contributed by atoms with Crippen LogP contribution in [0.1, 0.15) is 34.4 Å². The van der Waals surface area contributed by atoms with E-state index in [4.69, 9.17) is 9.47 Å². The number of methoxy groups -OCH3 is 1. The minimum atomic E-state index is -0.314. The quantitative estimate of drug-likeness (QED) is 0.494. The van der Waals surface area contributed by atoms with Crippen molar-refractivity contribution in [3.05, 3.63) is 107 Å². The molecule has 3 aromatic carbocycles. The van der Waals surface area contributed by atoms with Gasteiger partial charge >= 0.3 is 0 Å². The van der Waals surface area contributed by atoms with Gasteiger partial charge in [-0.2, -0.15) is 10.1 Å². The first-order valence-corrected chi connectivity index (χ1v) is 10.6. The first kappa shape index (κ1) is 18.7. The lowest BCUT2D eigenvalue weighted by Gasteiger charge is -2.39. The van der Waals surface area contributed by atoms with E-state index in [9.17, 15) is 0 Å². The Morgan fingerprint density at radius 1 is 0.969 bits per heavy atom. The van der Waals surface area contributed by atoms with Gasteiger partial charge in [-0.1, -0.05) is 54.1 Å². The second-order valence-electron chi connectivity index (χ2n) is 8.07. The Balaban J connectivity index is 1.63. The van der Waals surface area contributed by atoms with Crippen LogP contribution in [0.2, 0.25) is 0 Å². The maximum absolute atomic E-state index is 6.67. The van der Waals surface area contributed by atoms with Gasteiger partial charge in [0.25, 0.3) is 0 Å².